The van der Waals surface area contributed by atoms with Crippen LogP contribution in [0.3, 0.4) is 0 Å². The Bertz CT molecular complexity index is 2720. The highest BCUT2D eigenvalue weighted by Gasteiger charge is 2.27. The van der Waals surface area contributed by atoms with Crippen molar-refractivity contribution in [1.82, 2.24) is 37.7 Å². The van der Waals surface area contributed by atoms with E-state index in [0.717, 1.165) is 13.5 Å². The Balaban J connectivity index is 0.000000253. The molecule has 6 aromatic rings. The highest BCUT2D eigenvalue weighted by molar-refractivity contribution is 9.10. The van der Waals surface area contributed by atoms with Crippen LogP contribution in [-0.4, -0.2) is 90.0 Å². The fraction of sp³-hybridized carbons (Fsp3) is 0.286. The lowest BCUT2D eigenvalue weighted by molar-refractivity contribution is 0.122. The zero-order chi connectivity index (χ0) is 45.6. The summed E-state index contributed by atoms with van der Waals surface area (Å²) in [6.07, 6.45) is 9.45. The van der Waals surface area contributed by atoms with Crippen LogP contribution in [0.1, 0.15) is 52.7 Å². The van der Waals surface area contributed by atoms with Crippen LogP contribution in [0.25, 0.3) is 22.5 Å². The number of halogens is 2. The Kier molecular flexibility index (Phi) is 14.7. The number of rotatable bonds is 12. The van der Waals surface area contributed by atoms with Crippen molar-refractivity contribution in [2.75, 3.05) is 13.1 Å². The number of pyridine rings is 4. The van der Waals surface area contributed by atoms with Crippen LogP contribution in [0.5, 0.6) is 0 Å². The summed E-state index contributed by atoms with van der Waals surface area (Å²) in [6.45, 7) is 12.4. The minimum atomic E-state index is -4.02. The Morgan fingerprint density at radius 3 is 1.60 bits per heavy atom. The van der Waals surface area contributed by atoms with Crippen molar-refractivity contribution in [3.05, 3.63) is 131 Å². The molecular weight excluding hydrogens is 924 g/mol. The van der Waals surface area contributed by atoms with Crippen LogP contribution in [0, 0.1) is 10.8 Å². The van der Waals surface area contributed by atoms with Crippen LogP contribution in [0.4, 0.5) is 9.59 Å². The van der Waals surface area contributed by atoms with Gasteiger partial charge < -0.3 is 20.0 Å². The molecule has 328 valence electrons. The van der Waals surface area contributed by atoms with Gasteiger partial charge in [-0.1, -0.05) is 53.1 Å². The second-order valence-electron chi connectivity index (χ2n) is 16.6. The van der Waals surface area contributed by atoms with E-state index in [9.17, 15) is 36.6 Å². The predicted octanol–water partition coefficient (Wildman–Crippen LogP) is 8.83. The molecule has 0 fully saturated rings. The number of hydrogen-bond acceptors (Lipinski definition) is 10. The topological polar surface area (TPSA) is 211 Å². The molecule has 16 nitrogen and oxygen atoms in total. The van der Waals surface area contributed by atoms with Crippen LogP contribution < -0.4 is 0 Å². The lowest BCUT2D eigenvalue weighted by atomic mass is 9.96. The second-order valence-corrected chi connectivity index (χ2v) is 21.4. The third-order valence-corrected chi connectivity index (χ3v) is 13.1. The van der Waals surface area contributed by atoms with Crippen molar-refractivity contribution in [1.29, 1.82) is 0 Å². The monoisotopic (exact) mass is 968 g/mol. The summed E-state index contributed by atoms with van der Waals surface area (Å²) in [4.78, 5) is 42.3. The molecule has 2 N–H and O–H groups in total. The molecule has 0 aliphatic rings. The number of carbonyl (C=O) groups is 2. The summed E-state index contributed by atoms with van der Waals surface area (Å²) >= 11 is 9.11. The van der Waals surface area contributed by atoms with E-state index in [-0.39, 0.29) is 40.3 Å². The molecule has 0 spiro atoms. The molecular formula is C42H46BrClN8O8S2. The summed E-state index contributed by atoms with van der Waals surface area (Å²) in [5, 5.41) is 19.5. The van der Waals surface area contributed by atoms with Crippen molar-refractivity contribution in [3.8, 4) is 22.5 Å². The molecule has 6 heterocycles. The maximum absolute atomic E-state index is 13.6. The normalized spacial score (nSPS) is 12.0. The number of hydrogen-bond donors (Lipinski definition) is 2. The molecule has 20 heteroatoms. The average Bonchev–Trinajstić information content (AvgIpc) is 3.81. The minimum absolute atomic E-state index is 0.0139. The molecule has 6 rings (SSSR count). The molecule has 0 atom stereocenters. The summed E-state index contributed by atoms with van der Waals surface area (Å²) in [7, 11) is -7.82. The molecule has 0 saturated heterocycles. The zero-order valence-electron chi connectivity index (χ0n) is 34.7. The summed E-state index contributed by atoms with van der Waals surface area (Å²) in [6, 6.07) is 16.3. The van der Waals surface area contributed by atoms with E-state index in [1.807, 2.05) is 41.5 Å². The first-order valence-corrected chi connectivity index (χ1v) is 22.9. The van der Waals surface area contributed by atoms with Gasteiger partial charge in [0.1, 0.15) is 19.5 Å². The van der Waals surface area contributed by atoms with Crippen molar-refractivity contribution in [2.24, 2.45) is 10.8 Å². The Hall–Kier alpha value is -5.63. The lowest BCUT2D eigenvalue weighted by Crippen LogP contribution is -2.36. The molecule has 0 unspecified atom stereocenters. The molecule has 0 aliphatic carbocycles. The SMILES string of the molecule is CC(C)(C)CN(Cc1cc(-c2ccc(-c3ccc(Cl)nc3)nc2)n(S(=O)(=O)c2cccnc2)c1)C(=O)O.CC(C)(C)CN(Cc1cc(Br)n(S(=O)(=O)c2cccnc2)c1)C(=O)O. The fourth-order valence-corrected chi connectivity index (χ4v) is 9.84. The highest BCUT2D eigenvalue weighted by atomic mass is 79.9. The van der Waals surface area contributed by atoms with E-state index < -0.39 is 32.2 Å². The van der Waals surface area contributed by atoms with Gasteiger partial charge in [-0.05, 0) is 98.6 Å². The van der Waals surface area contributed by atoms with Gasteiger partial charge in [-0.25, -0.2) is 39.4 Å². The molecule has 2 amide bonds. The van der Waals surface area contributed by atoms with Gasteiger partial charge in [-0.2, -0.15) is 0 Å². The highest BCUT2D eigenvalue weighted by Crippen LogP contribution is 2.30. The molecule has 0 bridgehead atoms. The van der Waals surface area contributed by atoms with Crippen molar-refractivity contribution in [3.63, 3.8) is 0 Å². The van der Waals surface area contributed by atoms with E-state index >= 15 is 0 Å². The van der Waals surface area contributed by atoms with Gasteiger partial charge >= 0.3 is 12.2 Å². The van der Waals surface area contributed by atoms with Crippen LogP contribution >= 0.6 is 27.5 Å². The Morgan fingerprint density at radius 1 is 0.677 bits per heavy atom. The maximum atomic E-state index is 13.6. The van der Waals surface area contributed by atoms with Crippen LogP contribution in [0.15, 0.2) is 125 Å². The van der Waals surface area contributed by atoms with Crippen LogP contribution in [0.2, 0.25) is 5.15 Å². The van der Waals surface area contributed by atoms with E-state index in [1.165, 1.54) is 59.1 Å². The van der Waals surface area contributed by atoms with E-state index in [0.29, 0.717) is 44.4 Å². The smallest absolute Gasteiger partial charge is 0.407 e. The van der Waals surface area contributed by atoms with Gasteiger partial charge in [0.25, 0.3) is 20.0 Å². The first-order chi connectivity index (χ1) is 28.9. The van der Waals surface area contributed by atoms with Crippen molar-refractivity contribution < 1.29 is 36.6 Å². The fourth-order valence-electron chi connectivity index (χ4n) is 6.17. The van der Waals surface area contributed by atoms with Gasteiger partial charge in [-0.3, -0.25) is 15.0 Å². The summed E-state index contributed by atoms with van der Waals surface area (Å²) in [5.74, 6) is 0. The van der Waals surface area contributed by atoms with E-state index in [4.69, 9.17) is 11.6 Å². The number of amides is 2. The number of aromatic nitrogens is 6. The molecule has 0 aliphatic heterocycles. The van der Waals surface area contributed by atoms with Crippen molar-refractivity contribution >= 4 is 59.8 Å². The predicted molar refractivity (Wildman–Crippen MR) is 237 cm³/mol. The quantitative estimate of drug-likeness (QED) is 0.110. The average molecular weight is 970 g/mol. The van der Waals surface area contributed by atoms with Gasteiger partial charge in [0.2, 0.25) is 0 Å². The second kappa shape index (κ2) is 19.2. The van der Waals surface area contributed by atoms with Gasteiger partial charge in [0.15, 0.2) is 0 Å². The maximum Gasteiger partial charge on any atom is 0.407 e. The number of carboxylic acid groups (broad SMARTS) is 2. The Morgan fingerprint density at radius 2 is 1.16 bits per heavy atom. The van der Waals surface area contributed by atoms with E-state index in [2.05, 4.69) is 35.9 Å². The standard InChI is InChI=1S/C26H26ClN5O4S.C16H20BrN3O4S/c1-26(2,3)17-31(25(33)34)15-18-11-23(32(16-18)37(35,36)21-5-4-10-28-14-21)20-6-8-22(29-13-20)19-7-9-24(27)30-12-19;1-16(2,3)11-19(15(21)22)9-12-7-14(17)20(10-12)25(23,24)13-5-4-6-18-8-13/h4-14,16H,15,17H2,1-3H3,(H,33,34);4-8,10H,9,11H2,1-3H3,(H,21,22). The molecule has 0 saturated carbocycles. The third kappa shape index (κ3) is 12.3. The Labute approximate surface area is 374 Å². The van der Waals surface area contributed by atoms with Crippen LogP contribution in [-0.2, 0) is 33.1 Å². The first kappa shape index (κ1) is 47.4. The summed E-state index contributed by atoms with van der Waals surface area (Å²) in [5.41, 5.74) is 2.92. The molecule has 0 aromatic carbocycles. The van der Waals surface area contributed by atoms with Gasteiger partial charge in [0.05, 0.1) is 24.5 Å². The minimum Gasteiger partial charge on any atom is -0.465 e. The molecule has 0 radical (unpaired) electrons. The lowest BCUT2D eigenvalue weighted by Gasteiger charge is -2.27. The zero-order valence-corrected chi connectivity index (χ0v) is 38.7. The van der Waals surface area contributed by atoms with Gasteiger partial charge in [-0.15, -0.1) is 0 Å². The third-order valence-electron chi connectivity index (χ3n) is 8.72. The van der Waals surface area contributed by atoms with E-state index in [1.54, 1.807) is 60.9 Å². The van der Waals surface area contributed by atoms with Gasteiger partial charge in [0, 0.05) is 73.8 Å². The molecule has 62 heavy (non-hydrogen) atoms. The first-order valence-electron chi connectivity index (χ1n) is 18.9. The molecule has 6 aromatic heterocycles. The van der Waals surface area contributed by atoms with Crippen molar-refractivity contribution in [2.45, 2.75) is 64.4 Å². The largest absolute Gasteiger partial charge is 0.465 e. The summed E-state index contributed by atoms with van der Waals surface area (Å²) < 4.78 is 55.0. The number of nitrogens with zero attached hydrogens (tertiary/aromatic N) is 8.